The first kappa shape index (κ1) is 8.38. The minimum Gasteiger partial charge on any atom is -0.480 e. The van der Waals surface area contributed by atoms with Gasteiger partial charge >= 0.3 is 5.97 Å². The lowest BCUT2D eigenvalue weighted by Crippen LogP contribution is -2.45. The summed E-state index contributed by atoms with van der Waals surface area (Å²) in [6, 6.07) is -0.671. The van der Waals surface area contributed by atoms with Crippen LogP contribution in [0, 0.1) is 0 Å². The van der Waals surface area contributed by atoms with Crippen LogP contribution in [0.4, 0.5) is 0 Å². The lowest BCUT2D eigenvalue weighted by molar-refractivity contribution is -0.141. The van der Waals surface area contributed by atoms with E-state index in [9.17, 15) is 4.79 Å². The highest BCUT2D eigenvalue weighted by Gasteiger charge is 2.25. The molecule has 0 aromatic carbocycles. The Hall–Kier alpha value is -0.720. The molecule has 5 nitrogen and oxygen atoms in total. The monoisotopic (exact) mass is 175 g/mol. The van der Waals surface area contributed by atoms with Crippen LogP contribution in [0.3, 0.4) is 0 Å². The summed E-state index contributed by atoms with van der Waals surface area (Å²) in [7, 11) is 0. The third-order valence-corrected chi connectivity index (χ3v) is 2.08. The van der Waals surface area contributed by atoms with Gasteiger partial charge in [-0.05, 0) is 11.9 Å². The van der Waals surface area contributed by atoms with Crippen molar-refractivity contribution in [1.29, 1.82) is 0 Å². The molecule has 1 unspecified atom stereocenters. The standard InChI is InChI=1S/C5H9N3O2S/c6-3-4(5(9)10)8-7-1-2-11-8/h1-2,4,7H,3,6H2,(H,9,10). The van der Waals surface area contributed by atoms with Gasteiger partial charge in [0.15, 0.2) is 6.04 Å². The van der Waals surface area contributed by atoms with Crippen LogP contribution in [-0.2, 0) is 4.79 Å². The zero-order chi connectivity index (χ0) is 8.27. The van der Waals surface area contributed by atoms with Gasteiger partial charge in [0.05, 0.1) is 0 Å². The second kappa shape index (κ2) is 3.61. The first-order valence-electron chi connectivity index (χ1n) is 3.05. The molecule has 0 saturated heterocycles. The van der Waals surface area contributed by atoms with Crippen LogP contribution in [0.15, 0.2) is 11.6 Å². The van der Waals surface area contributed by atoms with Crippen LogP contribution in [0.1, 0.15) is 0 Å². The van der Waals surface area contributed by atoms with Crippen molar-refractivity contribution >= 4 is 17.9 Å². The normalized spacial score (nSPS) is 19.7. The van der Waals surface area contributed by atoms with Crippen LogP contribution in [0.25, 0.3) is 0 Å². The van der Waals surface area contributed by atoms with E-state index in [1.807, 2.05) is 0 Å². The molecule has 1 rings (SSSR count). The number of nitrogens with zero attached hydrogens (tertiary/aromatic N) is 1. The minimum absolute atomic E-state index is 0.0943. The van der Waals surface area contributed by atoms with Gasteiger partial charge in [0, 0.05) is 18.2 Å². The molecule has 1 heterocycles. The Morgan fingerprint density at radius 2 is 2.64 bits per heavy atom. The van der Waals surface area contributed by atoms with Gasteiger partial charge in [-0.25, -0.2) is 0 Å². The summed E-state index contributed by atoms with van der Waals surface area (Å²) in [6.45, 7) is 0.0943. The third kappa shape index (κ3) is 1.86. The second-order valence-electron chi connectivity index (χ2n) is 1.95. The zero-order valence-electron chi connectivity index (χ0n) is 5.73. The van der Waals surface area contributed by atoms with E-state index in [0.29, 0.717) is 0 Å². The average molecular weight is 175 g/mol. The summed E-state index contributed by atoms with van der Waals surface area (Å²) < 4.78 is 1.49. The molecule has 0 aromatic rings. The van der Waals surface area contributed by atoms with Gasteiger partial charge in [-0.1, -0.05) is 0 Å². The molecule has 0 aromatic heterocycles. The minimum atomic E-state index is -0.920. The average Bonchev–Trinajstić information content (AvgIpc) is 2.40. The molecule has 6 heteroatoms. The lowest BCUT2D eigenvalue weighted by atomic mass is 10.3. The number of hydrogen-bond donors (Lipinski definition) is 3. The molecule has 11 heavy (non-hydrogen) atoms. The van der Waals surface area contributed by atoms with E-state index in [1.165, 1.54) is 16.4 Å². The molecule has 0 spiro atoms. The molecule has 0 bridgehead atoms. The van der Waals surface area contributed by atoms with E-state index in [2.05, 4.69) is 5.43 Å². The van der Waals surface area contributed by atoms with Crippen molar-refractivity contribution in [2.75, 3.05) is 6.54 Å². The largest absolute Gasteiger partial charge is 0.480 e. The maximum absolute atomic E-state index is 10.5. The lowest BCUT2D eigenvalue weighted by Gasteiger charge is -2.20. The molecule has 4 N–H and O–H groups in total. The van der Waals surface area contributed by atoms with E-state index >= 15 is 0 Å². The Kier molecular flexibility index (Phi) is 2.75. The molecule has 1 aliphatic rings. The number of rotatable bonds is 3. The highest BCUT2D eigenvalue weighted by molar-refractivity contribution is 8.00. The molecule has 1 aliphatic heterocycles. The molecule has 0 radical (unpaired) electrons. The van der Waals surface area contributed by atoms with Gasteiger partial charge in [0.2, 0.25) is 0 Å². The summed E-state index contributed by atoms with van der Waals surface area (Å²) in [6.07, 6.45) is 1.66. The summed E-state index contributed by atoms with van der Waals surface area (Å²) in [5.41, 5.74) is 7.99. The van der Waals surface area contributed by atoms with E-state index in [1.54, 1.807) is 11.6 Å². The van der Waals surface area contributed by atoms with E-state index in [0.717, 1.165) is 0 Å². The van der Waals surface area contributed by atoms with Gasteiger partial charge < -0.3 is 16.3 Å². The number of hydrazine groups is 1. The Morgan fingerprint density at radius 1 is 1.91 bits per heavy atom. The van der Waals surface area contributed by atoms with Crippen molar-refractivity contribution in [3.8, 4) is 0 Å². The second-order valence-corrected chi connectivity index (χ2v) is 2.83. The fraction of sp³-hybridized carbons (Fsp3) is 0.400. The van der Waals surface area contributed by atoms with Gasteiger partial charge in [-0.3, -0.25) is 4.79 Å². The van der Waals surface area contributed by atoms with Gasteiger partial charge in [0.1, 0.15) is 0 Å². The van der Waals surface area contributed by atoms with Crippen molar-refractivity contribution < 1.29 is 9.90 Å². The number of carbonyl (C=O) groups is 1. The number of hydrogen-bond acceptors (Lipinski definition) is 5. The maximum Gasteiger partial charge on any atom is 0.325 e. The van der Waals surface area contributed by atoms with Gasteiger partial charge in [-0.15, -0.1) is 4.41 Å². The van der Waals surface area contributed by atoms with Crippen LogP contribution < -0.4 is 11.2 Å². The van der Waals surface area contributed by atoms with E-state index in [4.69, 9.17) is 10.8 Å². The first-order chi connectivity index (χ1) is 5.25. The van der Waals surface area contributed by atoms with Crippen molar-refractivity contribution in [3.05, 3.63) is 11.6 Å². The van der Waals surface area contributed by atoms with Crippen LogP contribution >= 0.6 is 11.9 Å². The molecule has 0 fully saturated rings. The molecule has 0 amide bonds. The zero-order valence-corrected chi connectivity index (χ0v) is 6.54. The Morgan fingerprint density at radius 3 is 3.00 bits per heavy atom. The number of carboxylic acid groups (broad SMARTS) is 1. The fourth-order valence-corrected chi connectivity index (χ4v) is 1.39. The fourth-order valence-electron chi connectivity index (χ4n) is 0.691. The summed E-state index contributed by atoms with van der Waals surface area (Å²) >= 11 is 1.28. The van der Waals surface area contributed by atoms with Crippen molar-refractivity contribution in [2.45, 2.75) is 6.04 Å². The highest BCUT2D eigenvalue weighted by atomic mass is 32.2. The first-order valence-corrected chi connectivity index (χ1v) is 3.89. The number of nitrogens with two attached hydrogens (primary N) is 1. The maximum atomic E-state index is 10.5. The van der Waals surface area contributed by atoms with Gasteiger partial charge in [0.25, 0.3) is 0 Å². The van der Waals surface area contributed by atoms with Crippen LogP contribution in [0.2, 0.25) is 0 Å². The number of nitrogens with one attached hydrogen (secondary N) is 1. The SMILES string of the molecule is NCC(C(=O)O)N1NC=CS1. The number of carboxylic acids is 1. The molecule has 62 valence electrons. The molecular formula is C5H9N3O2S. The van der Waals surface area contributed by atoms with E-state index < -0.39 is 12.0 Å². The summed E-state index contributed by atoms with van der Waals surface area (Å²) in [4.78, 5) is 10.5. The Bertz CT molecular complexity index is 177. The molecular weight excluding hydrogens is 166 g/mol. The predicted octanol–water partition coefficient (Wildman–Crippen LogP) is -0.662. The van der Waals surface area contributed by atoms with Crippen LogP contribution in [-0.4, -0.2) is 28.1 Å². The van der Waals surface area contributed by atoms with Crippen LogP contribution in [0.5, 0.6) is 0 Å². The van der Waals surface area contributed by atoms with Crippen molar-refractivity contribution in [2.24, 2.45) is 5.73 Å². The number of aliphatic carboxylic acids is 1. The third-order valence-electron chi connectivity index (χ3n) is 1.24. The predicted molar refractivity (Wildman–Crippen MR) is 42.2 cm³/mol. The van der Waals surface area contributed by atoms with E-state index in [-0.39, 0.29) is 6.54 Å². The molecule has 0 saturated carbocycles. The topological polar surface area (TPSA) is 78.6 Å². The molecule has 0 aliphatic carbocycles. The van der Waals surface area contributed by atoms with Crippen molar-refractivity contribution in [1.82, 2.24) is 9.84 Å². The summed E-state index contributed by atoms with van der Waals surface area (Å²) in [5, 5.41) is 10.4. The Labute approximate surface area is 68.3 Å². The smallest absolute Gasteiger partial charge is 0.325 e. The quantitative estimate of drug-likeness (QED) is 0.494. The summed E-state index contributed by atoms with van der Waals surface area (Å²) in [5.74, 6) is -0.920. The Balaban J connectivity index is 2.48. The molecule has 1 atom stereocenters. The highest BCUT2D eigenvalue weighted by Crippen LogP contribution is 2.16. The van der Waals surface area contributed by atoms with Gasteiger partial charge in [-0.2, -0.15) is 0 Å². The van der Waals surface area contributed by atoms with Crippen molar-refractivity contribution in [3.63, 3.8) is 0 Å².